The summed E-state index contributed by atoms with van der Waals surface area (Å²) in [4.78, 5) is 12.1. The van der Waals surface area contributed by atoms with E-state index in [1.807, 2.05) is 18.2 Å². The Morgan fingerprint density at radius 3 is 3.14 bits per heavy atom. The quantitative estimate of drug-likeness (QED) is 0.922. The summed E-state index contributed by atoms with van der Waals surface area (Å²) in [6.07, 6.45) is 2.68. The van der Waals surface area contributed by atoms with E-state index in [4.69, 9.17) is 9.26 Å². The molecule has 0 saturated heterocycles. The van der Waals surface area contributed by atoms with Gasteiger partial charge in [0.2, 0.25) is 0 Å². The van der Waals surface area contributed by atoms with Crippen molar-refractivity contribution in [1.29, 1.82) is 0 Å². The van der Waals surface area contributed by atoms with Gasteiger partial charge in [0.15, 0.2) is 5.69 Å². The summed E-state index contributed by atoms with van der Waals surface area (Å²) < 4.78 is 10.9. The van der Waals surface area contributed by atoms with Crippen molar-refractivity contribution in [2.75, 3.05) is 13.2 Å². The van der Waals surface area contributed by atoms with Gasteiger partial charge in [0.1, 0.15) is 11.5 Å². The highest BCUT2D eigenvalue weighted by molar-refractivity contribution is 5.92. The molecule has 0 radical (unpaired) electrons. The number of carbonyl (C=O) groups is 1. The van der Waals surface area contributed by atoms with Crippen LogP contribution in [0.5, 0.6) is 5.75 Å². The Morgan fingerprint density at radius 2 is 2.27 bits per heavy atom. The van der Waals surface area contributed by atoms with Gasteiger partial charge in [-0.05, 0) is 24.5 Å². The molecule has 1 atom stereocenters. The van der Waals surface area contributed by atoms with E-state index in [9.17, 15) is 4.79 Å². The first-order valence-electron chi connectivity index (χ1n) is 7.70. The van der Waals surface area contributed by atoms with Gasteiger partial charge in [0, 0.05) is 24.9 Å². The summed E-state index contributed by atoms with van der Waals surface area (Å²) in [7, 11) is 0. The third-order valence-corrected chi connectivity index (χ3v) is 3.80. The van der Waals surface area contributed by atoms with E-state index in [1.165, 1.54) is 5.56 Å². The fraction of sp³-hybridized carbons (Fsp3) is 0.412. The van der Waals surface area contributed by atoms with Crippen LogP contribution < -0.4 is 10.1 Å². The summed E-state index contributed by atoms with van der Waals surface area (Å²) >= 11 is 0. The number of para-hydroxylation sites is 1. The van der Waals surface area contributed by atoms with Crippen molar-refractivity contribution in [1.82, 2.24) is 10.5 Å². The van der Waals surface area contributed by atoms with E-state index >= 15 is 0 Å². The molecule has 0 aliphatic carbocycles. The predicted molar refractivity (Wildman–Crippen MR) is 82.0 cm³/mol. The molecule has 3 rings (SSSR count). The molecule has 2 aromatic rings. The van der Waals surface area contributed by atoms with Crippen molar-refractivity contribution in [2.45, 2.75) is 26.2 Å². The first-order valence-corrected chi connectivity index (χ1v) is 7.70. The monoisotopic (exact) mass is 300 g/mol. The predicted octanol–water partition coefficient (Wildman–Crippen LogP) is 2.61. The summed E-state index contributed by atoms with van der Waals surface area (Å²) in [5.41, 5.74) is 1.54. The minimum absolute atomic E-state index is 0.190. The summed E-state index contributed by atoms with van der Waals surface area (Å²) in [6.45, 7) is 3.25. The van der Waals surface area contributed by atoms with Crippen molar-refractivity contribution in [3.8, 4) is 5.75 Å². The second-order valence-electron chi connectivity index (χ2n) is 5.63. The Kier molecular flexibility index (Phi) is 4.42. The zero-order valence-corrected chi connectivity index (χ0v) is 12.7. The summed E-state index contributed by atoms with van der Waals surface area (Å²) in [5, 5.41) is 6.73. The molecule has 5 heteroatoms. The average molecular weight is 300 g/mol. The second kappa shape index (κ2) is 6.64. The molecule has 1 aromatic carbocycles. The first kappa shape index (κ1) is 14.6. The second-order valence-corrected chi connectivity index (χ2v) is 5.63. The van der Waals surface area contributed by atoms with Crippen LogP contribution in [0.1, 0.15) is 35.2 Å². The van der Waals surface area contributed by atoms with E-state index in [0.29, 0.717) is 18.8 Å². The zero-order chi connectivity index (χ0) is 15.4. The van der Waals surface area contributed by atoms with E-state index in [0.717, 1.165) is 30.8 Å². The van der Waals surface area contributed by atoms with Gasteiger partial charge in [0.25, 0.3) is 5.91 Å². The van der Waals surface area contributed by atoms with Crippen LogP contribution in [-0.2, 0) is 12.8 Å². The standard InChI is InChI=1S/C17H20N2O3/c1-2-5-14-9-15(19-22-14)17(20)18-10-12-8-13-6-3-4-7-16(13)21-11-12/h3-4,6-7,9,12H,2,5,8,10-11H2,1H3,(H,18,20)/t12-/m0/s1. The number of carbonyl (C=O) groups excluding carboxylic acids is 1. The molecule has 1 N–H and O–H groups in total. The Morgan fingerprint density at radius 1 is 1.41 bits per heavy atom. The van der Waals surface area contributed by atoms with E-state index in [1.54, 1.807) is 6.07 Å². The minimum Gasteiger partial charge on any atom is -0.493 e. The smallest absolute Gasteiger partial charge is 0.273 e. The van der Waals surface area contributed by atoms with E-state index in [2.05, 4.69) is 23.5 Å². The van der Waals surface area contributed by atoms with Gasteiger partial charge in [-0.2, -0.15) is 0 Å². The third-order valence-electron chi connectivity index (χ3n) is 3.80. The highest BCUT2D eigenvalue weighted by atomic mass is 16.5. The lowest BCUT2D eigenvalue weighted by atomic mass is 9.97. The van der Waals surface area contributed by atoms with Crippen LogP contribution in [0.3, 0.4) is 0 Å². The zero-order valence-electron chi connectivity index (χ0n) is 12.7. The molecule has 0 spiro atoms. The molecule has 1 amide bonds. The van der Waals surface area contributed by atoms with Crippen molar-refractivity contribution < 1.29 is 14.1 Å². The Bertz CT molecular complexity index is 651. The number of fused-ring (bicyclic) bond motifs is 1. The number of hydrogen-bond acceptors (Lipinski definition) is 4. The molecule has 5 nitrogen and oxygen atoms in total. The molecular formula is C17H20N2O3. The van der Waals surface area contributed by atoms with E-state index < -0.39 is 0 Å². The first-order chi connectivity index (χ1) is 10.8. The van der Waals surface area contributed by atoms with Crippen LogP contribution in [0.25, 0.3) is 0 Å². The number of hydrogen-bond donors (Lipinski definition) is 1. The molecule has 1 aliphatic rings. The average Bonchev–Trinajstić information content (AvgIpc) is 3.01. The van der Waals surface area contributed by atoms with Crippen molar-refractivity contribution >= 4 is 5.91 Å². The third kappa shape index (κ3) is 3.30. The lowest BCUT2D eigenvalue weighted by molar-refractivity contribution is 0.0930. The number of nitrogens with zero attached hydrogens (tertiary/aromatic N) is 1. The van der Waals surface area contributed by atoms with Gasteiger partial charge >= 0.3 is 0 Å². The summed E-state index contributed by atoms with van der Waals surface area (Å²) in [6, 6.07) is 9.74. The fourth-order valence-corrected chi connectivity index (χ4v) is 2.63. The summed E-state index contributed by atoms with van der Waals surface area (Å²) in [5.74, 6) is 1.79. The van der Waals surface area contributed by atoms with Gasteiger partial charge in [0.05, 0.1) is 6.61 Å². The maximum Gasteiger partial charge on any atom is 0.273 e. The SMILES string of the molecule is CCCc1cc(C(=O)NC[C@H]2COc3ccccc3C2)no1. The van der Waals surface area contributed by atoms with E-state index in [-0.39, 0.29) is 11.8 Å². The molecule has 2 heterocycles. The topological polar surface area (TPSA) is 64.4 Å². The fourth-order valence-electron chi connectivity index (χ4n) is 2.63. The van der Waals surface area contributed by atoms with Crippen LogP contribution in [0, 0.1) is 5.92 Å². The number of benzene rings is 1. The molecule has 0 fully saturated rings. The number of aryl methyl sites for hydroxylation is 1. The molecule has 1 aromatic heterocycles. The Balaban J connectivity index is 1.53. The number of ether oxygens (including phenoxy) is 1. The highest BCUT2D eigenvalue weighted by Gasteiger charge is 2.21. The van der Waals surface area contributed by atoms with Gasteiger partial charge in [-0.25, -0.2) is 0 Å². The molecule has 116 valence electrons. The number of nitrogens with one attached hydrogen (secondary N) is 1. The highest BCUT2D eigenvalue weighted by Crippen LogP contribution is 2.26. The van der Waals surface area contributed by atoms with Crippen molar-refractivity contribution in [3.63, 3.8) is 0 Å². The number of rotatable bonds is 5. The molecule has 1 aliphatic heterocycles. The van der Waals surface area contributed by atoms with Crippen LogP contribution in [0.15, 0.2) is 34.9 Å². The maximum absolute atomic E-state index is 12.1. The minimum atomic E-state index is -0.190. The van der Waals surface area contributed by atoms with Gasteiger partial charge in [-0.3, -0.25) is 4.79 Å². The molecule has 22 heavy (non-hydrogen) atoms. The Hall–Kier alpha value is -2.30. The lowest BCUT2D eigenvalue weighted by Gasteiger charge is -2.25. The molecule has 0 bridgehead atoms. The van der Waals surface area contributed by atoms with Crippen LogP contribution in [0.2, 0.25) is 0 Å². The lowest BCUT2D eigenvalue weighted by Crippen LogP contribution is -2.34. The largest absolute Gasteiger partial charge is 0.493 e. The maximum atomic E-state index is 12.1. The van der Waals surface area contributed by atoms with Crippen molar-refractivity contribution in [2.24, 2.45) is 5.92 Å². The van der Waals surface area contributed by atoms with Crippen LogP contribution in [-0.4, -0.2) is 24.2 Å². The molecule has 0 unspecified atom stereocenters. The normalized spacial score (nSPS) is 16.7. The van der Waals surface area contributed by atoms with Gasteiger partial charge < -0.3 is 14.6 Å². The van der Waals surface area contributed by atoms with Crippen LogP contribution >= 0.6 is 0 Å². The van der Waals surface area contributed by atoms with Gasteiger partial charge in [-0.1, -0.05) is 30.3 Å². The van der Waals surface area contributed by atoms with Crippen LogP contribution in [0.4, 0.5) is 0 Å². The molecule has 0 saturated carbocycles. The van der Waals surface area contributed by atoms with Crippen molar-refractivity contribution in [3.05, 3.63) is 47.3 Å². The van der Waals surface area contributed by atoms with Gasteiger partial charge in [-0.15, -0.1) is 0 Å². The molecular weight excluding hydrogens is 280 g/mol. The number of amides is 1. The number of aromatic nitrogens is 1. The Labute approximate surface area is 129 Å².